The third-order valence-electron chi connectivity index (χ3n) is 2.99. The highest BCUT2D eigenvalue weighted by Crippen LogP contribution is 2.30. The van der Waals surface area contributed by atoms with Gasteiger partial charge in [0.25, 0.3) is 0 Å². The van der Waals surface area contributed by atoms with E-state index in [9.17, 15) is 4.79 Å². The van der Waals surface area contributed by atoms with Gasteiger partial charge in [0.2, 0.25) is 0 Å². The predicted octanol–water partition coefficient (Wildman–Crippen LogP) is 3.24. The van der Waals surface area contributed by atoms with Gasteiger partial charge in [0.05, 0.1) is 0 Å². The van der Waals surface area contributed by atoms with E-state index >= 15 is 0 Å². The lowest BCUT2D eigenvalue weighted by atomic mass is 9.84. The van der Waals surface area contributed by atoms with Crippen LogP contribution in [0.3, 0.4) is 0 Å². The summed E-state index contributed by atoms with van der Waals surface area (Å²) in [7, 11) is 0. The number of hydrogen-bond acceptors (Lipinski definition) is 2. The minimum absolute atomic E-state index is 0.0344. The highest BCUT2D eigenvalue weighted by Gasteiger charge is 2.24. The second kappa shape index (κ2) is 5.15. The summed E-state index contributed by atoms with van der Waals surface area (Å²) < 4.78 is 5.38. The Bertz CT molecular complexity index is 289. The Kier molecular flexibility index (Phi) is 4.13. The first kappa shape index (κ1) is 12.0. The molecule has 1 aliphatic carbocycles. The second-order valence-electron chi connectivity index (χ2n) is 4.29. The van der Waals surface area contributed by atoms with Crippen molar-refractivity contribution < 1.29 is 9.53 Å². The van der Waals surface area contributed by atoms with E-state index in [0.29, 0.717) is 12.3 Å². The van der Waals surface area contributed by atoms with Crippen LogP contribution in [0.25, 0.3) is 0 Å². The summed E-state index contributed by atoms with van der Waals surface area (Å²) in [6.07, 6.45) is 4.50. The molecular weight excluding hydrogens is 188 g/mol. The van der Waals surface area contributed by atoms with Gasteiger partial charge in [-0.05, 0) is 38.2 Å². The maximum atomic E-state index is 11.2. The van der Waals surface area contributed by atoms with Gasteiger partial charge in [-0.3, -0.25) is 4.79 Å². The van der Waals surface area contributed by atoms with Gasteiger partial charge in [-0.1, -0.05) is 25.2 Å². The summed E-state index contributed by atoms with van der Waals surface area (Å²) in [6.45, 7) is 9.86. The fourth-order valence-electron chi connectivity index (χ4n) is 1.79. The SMILES string of the molecule is C=C(C)[C@@H]1CC=C(C)C(OC(=O)CC)C1. The zero-order chi connectivity index (χ0) is 11.4. The Morgan fingerprint density at radius 2 is 2.33 bits per heavy atom. The molecule has 0 aromatic rings. The molecule has 0 spiro atoms. The fourth-order valence-corrected chi connectivity index (χ4v) is 1.79. The zero-order valence-corrected chi connectivity index (χ0v) is 9.88. The summed E-state index contributed by atoms with van der Waals surface area (Å²) in [4.78, 5) is 11.2. The van der Waals surface area contributed by atoms with E-state index in [1.54, 1.807) is 0 Å². The molecule has 0 heterocycles. The van der Waals surface area contributed by atoms with E-state index < -0.39 is 0 Å². The molecule has 0 N–H and O–H groups in total. The zero-order valence-electron chi connectivity index (χ0n) is 9.88. The quantitative estimate of drug-likeness (QED) is 0.525. The lowest BCUT2D eigenvalue weighted by Gasteiger charge is -2.28. The molecule has 0 saturated carbocycles. The lowest BCUT2D eigenvalue weighted by molar-refractivity contribution is -0.147. The van der Waals surface area contributed by atoms with Crippen molar-refractivity contribution >= 4 is 5.97 Å². The van der Waals surface area contributed by atoms with Gasteiger partial charge in [0.15, 0.2) is 0 Å². The van der Waals surface area contributed by atoms with Crippen LogP contribution in [0.1, 0.15) is 40.0 Å². The standard InChI is InChI=1S/C13H20O2/c1-5-13(14)15-12-8-11(9(2)3)7-6-10(12)4/h6,11-12H,2,5,7-8H2,1,3-4H3/t11-,12?/m1/s1. The maximum Gasteiger partial charge on any atom is 0.306 e. The van der Waals surface area contributed by atoms with Crippen LogP contribution in [-0.2, 0) is 9.53 Å². The lowest BCUT2D eigenvalue weighted by Crippen LogP contribution is -2.25. The second-order valence-corrected chi connectivity index (χ2v) is 4.29. The van der Waals surface area contributed by atoms with E-state index in [4.69, 9.17) is 4.74 Å². The molecule has 1 rings (SSSR count). The molecule has 15 heavy (non-hydrogen) atoms. The third kappa shape index (κ3) is 3.22. The molecular formula is C13H20O2. The molecule has 0 aliphatic heterocycles. The highest BCUT2D eigenvalue weighted by molar-refractivity contribution is 5.69. The minimum Gasteiger partial charge on any atom is -0.458 e. The summed E-state index contributed by atoms with van der Waals surface area (Å²) >= 11 is 0. The van der Waals surface area contributed by atoms with E-state index in [1.807, 2.05) is 20.8 Å². The average molecular weight is 208 g/mol. The highest BCUT2D eigenvalue weighted by atomic mass is 16.5. The molecule has 0 saturated heterocycles. The number of rotatable bonds is 3. The van der Waals surface area contributed by atoms with E-state index in [-0.39, 0.29) is 12.1 Å². The van der Waals surface area contributed by atoms with Crippen molar-refractivity contribution in [2.24, 2.45) is 5.92 Å². The number of hydrogen-bond donors (Lipinski definition) is 0. The summed E-state index contributed by atoms with van der Waals surface area (Å²) in [6, 6.07) is 0. The van der Waals surface area contributed by atoms with Gasteiger partial charge >= 0.3 is 5.97 Å². The van der Waals surface area contributed by atoms with Gasteiger partial charge in [0, 0.05) is 6.42 Å². The summed E-state index contributed by atoms with van der Waals surface area (Å²) in [5, 5.41) is 0. The normalized spacial score (nSPS) is 25.7. The molecule has 1 unspecified atom stereocenters. The molecule has 2 nitrogen and oxygen atoms in total. The molecule has 2 heteroatoms. The summed E-state index contributed by atoms with van der Waals surface area (Å²) in [5.74, 6) is 0.346. The van der Waals surface area contributed by atoms with E-state index in [0.717, 1.165) is 12.8 Å². The first-order chi connectivity index (χ1) is 7.04. The molecule has 84 valence electrons. The average Bonchev–Trinajstić information content (AvgIpc) is 2.20. The van der Waals surface area contributed by atoms with Crippen molar-refractivity contribution in [2.45, 2.75) is 46.1 Å². The fraction of sp³-hybridized carbons (Fsp3) is 0.615. The number of esters is 1. The summed E-state index contributed by atoms with van der Waals surface area (Å²) in [5.41, 5.74) is 2.35. The predicted molar refractivity (Wildman–Crippen MR) is 61.5 cm³/mol. The number of carbonyl (C=O) groups excluding carboxylic acids is 1. The van der Waals surface area contributed by atoms with Crippen LogP contribution in [0.4, 0.5) is 0 Å². The monoisotopic (exact) mass is 208 g/mol. The van der Waals surface area contributed by atoms with Gasteiger partial charge in [-0.15, -0.1) is 0 Å². The van der Waals surface area contributed by atoms with Crippen LogP contribution in [0, 0.1) is 5.92 Å². The van der Waals surface area contributed by atoms with Crippen LogP contribution in [0.2, 0.25) is 0 Å². The van der Waals surface area contributed by atoms with Crippen molar-refractivity contribution in [2.75, 3.05) is 0 Å². The molecule has 0 bridgehead atoms. The maximum absolute atomic E-state index is 11.2. The van der Waals surface area contributed by atoms with Crippen molar-refractivity contribution in [3.05, 3.63) is 23.8 Å². The van der Waals surface area contributed by atoms with Crippen molar-refractivity contribution in [1.82, 2.24) is 0 Å². The van der Waals surface area contributed by atoms with Crippen LogP contribution >= 0.6 is 0 Å². The number of ether oxygens (including phenoxy) is 1. The number of carbonyl (C=O) groups is 1. The van der Waals surface area contributed by atoms with Crippen LogP contribution in [0.5, 0.6) is 0 Å². The largest absolute Gasteiger partial charge is 0.458 e. The van der Waals surface area contributed by atoms with E-state index in [2.05, 4.69) is 12.7 Å². The molecule has 0 fully saturated rings. The van der Waals surface area contributed by atoms with Gasteiger partial charge in [-0.25, -0.2) is 0 Å². The molecule has 2 atom stereocenters. The third-order valence-corrected chi connectivity index (χ3v) is 2.99. The Morgan fingerprint density at radius 1 is 1.67 bits per heavy atom. The minimum atomic E-state index is -0.116. The van der Waals surface area contributed by atoms with Gasteiger partial charge in [0.1, 0.15) is 6.10 Å². The first-order valence-electron chi connectivity index (χ1n) is 5.56. The van der Waals surface area contributed by atoms with Crippen molar-refractivity contribution in [1.29, 1.82) is 0 Å². The smallest absolute Gasteiger partial charge is 0.306 e. The Balaban J connectivity index is 2.63. The molecule has 1 aliphatic rings. The van der Waals surface area contributed by atoms with Crippen molar-refractivity contribution in [3.63, 3.8) is 0 Å². The molecule has 0 radical (unpaired) electrons. The topological polar surface area (TPSA) is 26.3 Å². The Labute approximate surface area is 92.0 Å². The van der Waals surface area contributed by atoms with E-state index in [1.165, 1.54) is 11.1 Å². The van der Waals surface area contributed by atoms with Crippen LogP contribution in [0.15, 0.2) is 23.8 Å². The Morgan fingerprint density at radius 3 is 2.87 bits per heavy atom. The molecule has 0 amide bonds. The molecule has 0 aromatic carbocycles. The van der Waals surface area contributed by atoms with Crippen molar-refractivity contribution in [3.8, 4) is 0 Å². The molecule has 0 aromatic heterocycles. The van der Waals surface area contributed by atoms with Gasteiger partial charge in [-0.2, -0.15) is 0 Å². The number of allylic oxidation sites excluding steroid dienone is 2. The van der Waals surface area contributed by atoms with Crippen LogP contribution in [-0.4, -0.2) is 12.1 Å². The first-order valence-corrected chi connectivity index (χ1v) is 5.56. The Hall–Kier alpha value is -1.05. The van der Waals surface area contributed by atoms with Crippen LogP contribution < -0.4 is 0 Å². The van der Waals surface area contributed by atoms with Gasteiger partial charge < -0.3 is 4.74 Å².